The first-order valence-electron chi connectivity index (χ1n) is 6.92. The Morgan fingerprint density at radius 1 is 1.04 bits per heavy atom. The molecule has 0 amide bonds. The third-order valence-electron chi connectivity index (χ3n) is 3.46. The number of fused-ring (bicyclic) bond motifs is 1. The van der Waals surface area contributed by atoms with Gasteiger partial charge in [0, 0.05) is 5.39 Å². The molecule has 3 aromatic rings. The van der Waals surface area contributed by atoms with Crippen LogP contribution < -0.4 is 0 Å². The number of benzene rings is 2. The molecule has 0 fully saturated rings. The van der Waals surface area contributed by atoms with Gasteiger partial charge in [0.25, 0.3) is 0 Å². The van der Waals surface area contributed by atoms with Gasteiger partial charge in [-0.2, -0.15) is 18.3 Å². The average molecular weight is 349 g/mol. The molecule has 0 aliphatic carbocycles. The standard InChI is InChI=1S/C16H10F3N3O3/c17-16(18,19)9-3-6-12-11(7-9)13(14(23)20-12)22-21-10-4-1-8(2-5-10)15(24)25/h1-7,20,23H,(H,24,25). The summed E-state index contributed by atoms with van der Waals surface area (Å²) in [5.74, 6) is -1.52. The fraction of sp³-hybridized carbons (Fsp3) is 0.0625. The van der Waals surface area contributed by atoms with Gasteiger partial charge in [0.05, 0.1) is 22.3 Å². The van der Waals surface area contributed by atoms with Crippen molar-refractivity contribution in [3.63, 3.8) is 0 Å². The molecule has 128 valence electrons. The van der Waals surface area contributed by atoms with Crippen molar-refractivity contribution in [2.45, 2.75) is 6.18 Å². The minimum absolute atomic E-state index is 0.0590. The van der Waals surface area contributed by atoms with Crippen molar-refractivity contribution in [1.29, 1.82) is 0 Å². The van der Waals surface area contributed by atoms with Gasteiger partial charge in [-0.1, -0.05) is 0 Å². The van der Waals surface area contributed by atoms with E-state index in [4.69, 9.17) is 5.11 Å². The zero-order valence-corrected chi connectivity index (χ0v) is 12.4. The van der Waals surface area contributed by atoms with Crippen LogP contribution in [0.3, 0.4) is 0 Å². The van der Waals surface area contributed by atoms with E-state index in [2.05, 4.69) is 15.2 Å². The van der Waals surface area contributed by atoms with Crippen molar-refractivity contribution in [3.8, 4) is 5.88 Å². The van der Waals surface area contributed by atoms with Gasteiger partial charge in [0.1, 0.15) is 0 Å². The number of H-pyrrole nitrogens is 1. The number of aromatic amines is 1. The second-order valence-electron chi connectivity index (χ2n) is 5.13. The van der Waals surface area contributed by atoms with Gasteiger partial charge < -0.3 is 15.2 Å². The van der Waals surface area contributed by atoms with Crippen molar-refractivity contribution in [1.82, 2.24) is 4.98 Å². The van der Waals surface area contributed by atoms with Crippen molar-refractivity contribution < 1.29 is 28.2 Å². The van der Waals surface area contributed by atoms with Gasteiger partial charge in [-0.3, -0.25) is 0 Å². The van der Waals surface area contributed by atoms with E-state index in [0.29, 0.717) is 0 Å². The minimum Gasteiger partial charge on any atom is -0.493 e. The number of halogens is 3. The van der Waals surface area contributed by atoms with Crippen molar-refractivity contribution in [3.05, 3.63) is 53.6 Å². The summed E-state index contributed by atoms with van der Waals surface area (Å²) in [4.78, 5) is 13.3. The first-order chi connectivity index (χ1) is 11.8. The number of carbonyl (C=O) groups is 1. The van der Waals surface area contributed by atoms with Crippen LogP contribution in [-0.4, -0.2) is 21.2 Å². The predicted octanol–water partition coefficient (Wildman–Crippen LogP) is 5.01. The maximum atomic E-state index is 12.8. The predicted molar refractivity (Wildman–Crippen MR) is 82.5 cm³/mol. The smallest absolute Gasteiger partial charge is 0.416 e. The van der Waals surface area contributed by atoms with Gasteiger partial charge in [-0.25, -0.2) is 4.79 Å². The van der Waals surface area contributed by atoms with Crippen LogP contribution in [0.2, 0.25) is 0 Å². The van der Waals surface area contributed by atoms with E-state index in [0.717, 1.165) is 12.1 Å². The largest absolute Gasteiger partial charge is 0.493 e. The summed E-state index contributed by atoms with van der Waals surface area (Å²) in [6.45, 7) is 0. The van der Waals surface area contributed by atoms with Gasteiger partial charge in [0.15, 0.2) is 5.69 Å². The van der Waals surface area contributed by atoms with E-state index < -0.39 is 23.6 Å². The first kappa shape index (κ1) is 16.5. The third-order valence-corrected chi connectivity index (χ3v) is 3.46. The van der Waals surface area contributed by atoms with Crippen LogP contribution in [0.5, 0.6) is 5.88 Å². The van der Waals surface area contributed by atoms with Crippen molar-refractivity contribution >= 4 is 28.2 Å². The Kier molecular flexibility index (Phi) is 3.91. The van der Waals surface area contributed by atoms with Gasteiger partial charge in [-0.05, 0) is 42.5 Å². The SMILES string of the molecule is O=C(O)c1ccc(N=Nc2c(O)[nH]c3ccc(C(F)(F)F)cc23)cc1. The lowest BCUT2D eigenvalue weighted by atomic mass is 10.1. The molecular weight excluding hydrogens is 339 g/mol. The van der Waals surface area contributed by atoms with Crippen LogP contribution in [0, 0.1) is 0 Å². The summed E-state index contributed by atoms with van der Waals surface area (Å²) in [7, 11) is 0. The Bertz CT molecular complexity index is 976. The van der Waals surface area contributed by atoms with E-state index in [1.807, 2.05) is 0 Å². The third kappa shape index (κ3) is 3.30. The highest BCUT2D eigenvalue weighted by Crippen LogP contribution is 2.39. The number of alkyl halides is 3. The lowest BCUT2D eigenvalue weighted by molar-refractivity contribution is -0.137. The molecular formula is C16H10F3N3O3. The van der Waals surface area contributed by atoms with Crippen LogP contribution in [0.1, 0.15) is 15.9 Å². The number of azo groups is 1. The molecule has 0 radical (unpaired) electrons. The Morgan fingerprint density at radius 3 is 2.32 bits per heavy atom. The molecule has 9 heteroatoms. The summed E-state index contributed by atoms with van der Waals surface area (Å²) in [5.41, 5.74) is -0.389. The lowest BCUT2D eigenvalue weighted by Gasteiger charge is -2.05. The topological polar surface area (TPSA) is 98.0 Å². The van der Waals surface area contributed by atoms with Crippen LogP contribution in [-0.2, 0) is 6.18 Å². The Hall–Kier alpha value is -3.36. The second kappa shape index (κ2) is 5.93. The Labute approximate surface area is 138 Å². The summed E-state index contributed by atoms with van der Waals surface area (Å²) in [6.07, 6.45) is -4.53. The number of aromatic carboxylic acids is 1. The van der Waals surface area contributed by atoms with E-state index >= 15 is 0 Å². The number of carboxylic acids is 1. The lowest BCUT2D eigenvalue weighted by Crippen LogP contribution is -2.03. The number of hydrogen-bond acceptors (Lipinski definition) is 4. The first-order valence-corrected chi connectivity index (χ1v) is 6.92. The number of nitrogens with one attached hydrogen (secondary N) is 1. The van der Waals surface area contributed by atoms with E-state index in [9.17, 15) is 23.1 Å². The Balaban J connectivity index is 2.00. The highest BCUT2D eigenvalue weighted by molar-refractivity contribution is 5.94. The molecule has 0 unspecified atom stereocenters. The number of rotatable bonds is 3. The molecule has 25 heavy (non-hydrogen) atoms. The molecule has 0 aliphatic heterocycles. The highest BCUT2D eigenvalue weighted by Gasteiger charge is 2.31. The Morgan fingerprint density at radius 2 is 1.72 bits per heavy atom. The summed E-state index contributed by atoms with van der Waals surface area (Å²) >= 11 is 0. The minimum atomic E-state index is -4.53. The number of nitrogens with zero attached hydrogens (tertiary/aromatic N) is 2. The molecule has 0 saturated carbocycles. The van der Waals surface area contributed by atoms with Crippen LogP contribution in [0.4, 0.5) is 24.5 Å². The summed E-state index contributed by atoms with van der Waals surface area (Å²) < 4.78 is 38.5. The maximum absolute atomic E-state index is 12.8. The van der Waals surface area contributed by atoms with Crippen LogP contribution >= 0.6 is 0 Å². The summed E-state index contributed by atoms with van der Waals surface area (Å²) in [5, 5.41) is 26.4. The molecule has 0 aliphatic rings. The molecule has 0 saturated heterocycles. The van der Waals surface area contributed by atoms with Gasteiger partial charge >= 0.3 is 12.1 Å². The van der Waals surface area contributed by atoms with E-state index in [-0.39, 0.29) is 27.8 Å². The quantitative estimate of drug-likeness (QED) is 0.580. The van der Waals surface area contributed by atoms with Crippen molar-refractivity contribution in [2.24, 2.45) is 10.2 Å². The molecule has 0 spiro atoms. The molecule has 6 nitrogen and oxygen atoms in total. The molecule has 1 heterocycles. The number of hydrogen-bond donors (Lipinski definition) is 3. The van der Waals surface area contributed by atoms with E-state index in [1.165, 1.54) is 30.3 Å². The molecule has 1 aromatic heterocycles. The molecule has 3 N–H and O–H groups in total. The number of carboxylic acid groups (broad SMARTS) is 1. The molecule has 3 rings (SSSR count). The normalized spacial score (nSPS) is 12.1. The number of aromatic hydroxyl groups is 1. The maximum Gasteiger partial charge on any atom is 0.416 e. The zero-order chi connectivity index (χ0) is 18.2. The van der Waals surface area contributed by atoms with Gasteiger partial charge in [0.2, 0.25) is 5.88 Å². The van der Waals surface area contributed by atoms with Crippen molar-refractivity contribution in [2.75, 3.05) is 0 Å². The van der Waals surface area contributed by atoms with Crippen LogP contribution in [0.25, 0.3) is 10.9 Å². The monoisotopic (exact) mass is 349 g/mol. The summed E-state index contributed by atoms with van der Waals surface area (Å²) in [6, 6.07) is 8.36. The fourth-order valence-electron chi connectivity index (χ4n) is 2.22. The molecule has 2 aromatic carbocycles. The van der Waals surface area contributed by atoms with Gasteiger partial charge in [-0.15, -0.1) is 5.11 Å². The fourth-order valence-corrected chi connectivity index (χ4v) is 2.22. The molecule has 0 bridgehead atoms. The average Bonchev–Trinajstić information content (AvgIpc) is 2.87. The van der Waals surface area contributed by atoms with E-state index in [1.54, 1.807) is 0 Å². The second-order valence-corrected chi connectivity index (χ2v) is 5.13. The zero-order valence-electron chi connectivity index (χ0n) is 12.4. The molecule has 0 atom stereocenters. The van der Waals surface area contributed by atoms with Crippen LogP contribution in [0.15, 0.2) is 52.7 Å². The number of aromatic nitrogens is 1. The highest BCUT2D eigenvalue weighted by atomic mass is 19.4.